The second kappa shape index (κ2) is 10.00. The molecule has 0 saturated carbocycles. The number of aromatic amines is 1. The maximum atomic E-state index is 11.9. The molecular weight excluding hydrogens is 416 g/mol. The molecule has 0 spiro atoms. The fourth-order valence-electron chi connectivity index (χ4n) is 3.56. The van der Waals surface area contributed by atoms with Crippen LogP contribution in [-0.4, -0.2) is 46.2 Å². The number of nitrogens with one attached hydrogen (secondary N) is 2. The second-order valence-electron chi connectivity index (χ2n) is 7.50. The smallest absolute Gasteiger partial charge is 0.251 e. The minimum absolute atomic E-state index is 0.0510. The average Bonchev–Trinajstić information content (AvgIpc) is 2.77. The number of aryl methyl sites for hydroxylation is 1. The number of H-pyrrole nitrogens is 1. The van der Waals surface area contributed by atoms with E-state index < -0.39 is 0 Å². The number of anilines is 1. The number of hydrogen-bond acceptors (Lipinski definition) is 7. The molecule has 0 aliphatic carbocycles. The number of halogens is 1. The molecule has 0 amide bonds. The Hall–Kier alpha value is -2.81. The Kier molecular flexibility index (Phi) is 6.91. The fourth-order valence-corrected chi connectivity index (χ4v) is 3.69. The van der Waals surface area contributed by atoms with E-state index in [1.54, 1.807) is 6.92 Å². The molecule has 1 aliphatic heterocycles. The van der Waals surface area contributed by atoms with Crippen LogP contribution in [0, 0.1) is 6.92 Å². The standard InChI is InChI=1S/C22H25ClN6O2/c1-15-27-19(11-21(30)28-15)10-20(17-2-4-18(23)5-3-17)24-12-16-13-25-22(26-14-16)29-6-8-31-9-7-29/h2-5,11,13-14,20,24H,6-10,12H2,1H3,(H,27,28,30). The largest absolute Gasteiger partial charge is 0.378 e. The number of aromatic nitrogens is 4. The van der Waals surface area contributed by atoms with E-state index in [2.05, 4.69) is 30.2 Å². The highest BCUT2D eigenvalue weighted by atomic mass is 35.5. The van der Waals surface area contributed by atoms with Gasteiger partial charge in [0.15, 0.2) is 0 Å². The quantitative estimate of drug-likeness (QED) is 0.582. The van der Waals surface area contributed by atoms with Crippen molar-refractivity contribution >= 4 is 17.5 Å². The molecule has 3 heterocycles. The van der Waals surface area contributed by atoms with Crippen molar-refractivity contribution in [1.82, 2.24) is 25.3 Å². The minimum atomic E-state index is -0.149. The SMILES string of the molecule is Cc1nc(CC(NCc2cnc(N3CCOCC3)nc2)c2ccc(Cl)cc2)cc(=O)[nH]1. The zero-order valence-corrected chi connectivity index (χ0v) is 18.1. The minimum Gasteiger partial charge on any atom is -0.378 e. The normalized spacial score (nSPS) is 15.1. The van der Waals surface area contributed by atoms with Crippen molar-refractivity contribution in [2.75, 3.05) is 31.2 Å². The number of nitrogens with zero attached hydrogens (tertiary/aromatic N) is 4. The lowest BCUT2D eigenvalue weighted by atomic mass is 10.0. The lowest BCUT2D eigenvalue weighted by molar-refractivity contribution is 0.122. The molecule has 8 nitrogen and oxygen atoms in total. The first-order valence-electron chi connectivity index (χ1n) is 10.3. The summed E-state index contributed by atoms with van der Waals surface area (Å²) in [6, 6.07) is 9.18. The monoisotopic (exact) mass is 440 g/mol. The average molecular weight is 441 g/mol. The van der Waals surface area contributed by atoms with Gasteiger partial charge in [-0.15, -0.1) is 0 Å². The molecule has 4 rings (SSSR count). The van der Waals surface area contributed by atoms with Crippen molar-refractivity contribution in [2.45, 2.75) is 25.9 Å². The van der Waals surface area contributed by atoms with Gasteiger partial charge < -0.3 is 19.9 Å². The molecule has 1 saturated heterocycles. The summed E-state index contributed by atoms with van der Waals surface area (Å²) in [6.45, 7) is 5.37. The van der Waals surface area contributed by atoms with Gasteiger partial charge in [0.1, 0.15) is 5.82 Å². The van der Waals surface area contributed by atoms with E-state index in [9.17, 15) is 4.79 Å². The molecule has 0 radical (unpaired) electrons. The summed E-state index contributed by atoms with van der Waals surface area (Å²) in [5.41, 5.74) is 2.62. The summed E-state index contributed by atoms with van der Waals surface area (Å²) in [5.74, 6) is 1.33. The van der Waals surface area contributed by atoms with Gasteiger partial charge in [-0.05, 0) is 24.6 Å². The van der Waals surface area contributed by atoms with Crippen molar-refractivity contribution in [3.63, 3.8) is 0 Å². The highest BCUT2D eigenvalue weighted by molar-refractivity contribution is 6.30. The molecular formula is C22H25ClN6O2. The van der Waals surface area contributed by atoms with Gasteiger partial charge in [-0.25, -0.2) is 15.0 Å². The van der Waals surface area contributed by atoms with Crippen molar-refractivity contribution in [2.24, 2.45) is 0 Å². The molecule has 1 unspecified atom stereocenters. The van der Waals surface area contributed by atoms with Gasteiger partial charge in [0, 0.05) is 66.8 Å². The van der Waals surface area contributed by atoms with Crippen LogP contribution in [0.1, 0.15) is 28.7 Å². The summed E-state index contributed by atoms with van der Waals surface area (Å²) >= 11 is 6.06. The molecule has 1 atom stereocenters. The Morgan fingerprint density at radius 3 is 2.58 bits per heavy atom. The molecule has 162 valence electrons. The van der Waals surface area contributed by atoms with E-state index in [0.717, 1.165) is 35.9 Å². The fraction of sp³-hybridized carbons (Fsp3) is 0.364. The summed E-state index contributed by atoms with van der Waals surface area (Å²) < 4.78 is 5.38. The molecule has 3 aromatic rings. The topological polar surface area (TPSA) is 96.0 Å². The predicted octanol–water partition coefficient (Wildman–Crippen LogP) is 2.43. The number of rotatable bonds is 7. The van der Waals surface area contributed by atoms with Crippen LogP contribution in [-0.2, 0) is 17.7 Å². The zero-order chi connectivity index (χ0) is 21.6. The third-order valence-corrected chi connectivity index (χ3v) is 5.39. The van der Waals surface area contributed by atoms with Crippen LogP contribution in [0.3, 0.4) is 0 Å². The third-order valence-electron chi connectivity index (χ3n) is 5.14. The Labute approximate surface area is 185 Å². The van der Waals surface area contributed by atoms with E-state index in [-0.39, 0.29) is 11.6 Å². The Balaban J connectivity index is 1.47. The maximum absolute atomic E-state index is 11.9. The first-order chi connectivity index (χ1) is 15.1. The molecule has 31 heavy (non-hydrogen) atoms. The van der Waals surface area contributed by atoms with Crippen LogP contribution in [0.5, 0.6) is 0 Å². The van der Waals surface area contributed by atoms with Gasteiger partial charge in [0.2, 0.25) is 5.95 Å². The first-order valence-corrected chi connectivity index (χ1v) is 10.6. The summed E-state index contributed by atoms with van der Waals surface area (Å²) in [5, 5.41) is 4.23. The molecule has 1 fully saturated rings. The number of ether oxygens (including phenoxy) is 1. The van der Waals surface area contributed by atoms with Crippen molar-refractivity contribution in [3.05, 3.63) is 80.7 Å². The van der Waals surface area contributed by atoms with Crippen LogP contribution >= 0.6 is 11.6 Å². The molecule has 1 aromatic carbocycles. The summed E-state index contributed by atoms with van der Waals surface area (Å²) in [6.07, 6.45) is 4.26. The van der Waals surface area contributed by atoms with Crippen molar-refractivity contribution in [1.29, 1.82) is 0 Å². The van der Waals surface area contributed by atoms with Gasteiger partial charge in [-0.2, -0.15) is 0 Å². The predicted molar refractivity (Wildman–Crippen MR) is 119 cm³/mol. The molecule has 1 aliphatic rings. The molecule has 2 N–H and O–H groups in total. The lowest BCUT2D eigenvalue weighted by Crippen LogP contribution is -2.37. The summed E-state index contributed by atoms with van der Waals surface area (Å²) in [4.78, 5) is 30.2. The van der Waals surface area contributed by atoms with E-state index in [4.69, 9.17) is 16.3 Å². The van der Waals surface area contributed by atoms with E-state index >= 15 is 0 Å². The lowest BCUT2D eigenvalue weighted by Gasteiger charge is -2.26. The number of benzene rings is 1. The van der Waals surface area contributed by atoms with E-state index in [1.807, 2.05) is 36.7 Å². The van der Waals surface area contributed by atoms with Crippen LogP contribution < -0.4 is 15.8 Å². The number of morpholine rings is 1. The van der Waals surface area contributed by atoms with Crippen LogP contribution in [0.15, 0.2) is 47.5 Å². The van der Waals surface area contributed by atoms with Gasteiger partial charge in [0.25, 0.3) is 5.56 Å². The summed E-state index contributed by atoms with van der Waals surface area (Å²) in [7, 11) is 0. The highest BCUT2D eigenvalue weighted by Gasteiger charge is 2.16. The van der Waals surface area contributed by atoms with E-state index in [0.29, 0.717) is 37.0 Å². The molecule has 0 bridgehead atoms. The van der Waals surface area contributed by atoms with E-state index in [1.165, 1.54) is 6.07 Å². The maximum Gasteiger partial charge on any atom is 0.251 e. The Morgan fingerprint density at radius 1 is 1.19 bits per heavy atom. The molecule has 2 aromatic heterocycles. The van der Waals surface area contributed by atoms with Crippen LogP contribution in [0.4, 0.5) is 5.95 Å². The number of hydrogen-bond donors (Lipinski definition) is 2. The highest BCUT2D eigenvalue weighted by Crippen LogP contribution is 2.20. The Bertz CT molecular complexity index is 1050. The van der Waals surface area contributed by atoms with Gasteiger partial charge in [0.05, 0.1) is 13.2 Å². The van der Waals surface area contributed by atoms with Crippen LogP contribution in [0.25, 0.3) is 0 Å². The first kappa shape index (κ1) is 21.4. The van der Waals surface area contributed by atoms with Gasteiger partial charge >= 0.3 is 0 Å². The third kappa shape index (κ3) is 5.88. The second-order valence-corrected chi connectivity index (χ2v) is 7.94. The zero-order valence-electron chi connectivity index (χ0n) is 17.3. The van der Waals surface area contributed by atoms with Crippen LogP contribution in [0.2, 0.25) is 5.02 Å². The van der Waals surface area contributed by atoms with Gasteiger partial charge in [-0.3, -0.25) is 4.79 Å². The van der Waals surface area contributed by atoms with Crippen molar-refractivity contribution < 1.29 is 4.74 Å². The molecule has 9 heteroatoms. The van der Waals surface area contributed by atoms with Crippen molar-refractivity contribution in [3.8, 4) is 0 Å². The Morgan fingerprint density at radius 2 is 1.90 bits per heavy atom. The van der Waals surface area contributed by atoms with Gasteiger partial charge in [-0.1, -0.05) is 23.7 Å².